The number of hydrogen-bond donors (Lipinski definition) is 0. The van der Waals surface area contributed by atoms with E-state index in [-0.39, 0.29) is 0 Å². The first-order valence-electron chi connectivity index (χ1n) is 2.59. The van der Waals surface area contributed by atoms with Gasteiger partial charge in [-0.3, -0.25) is 0 Å². The summed E-state index contributed by atoms with van der Waals surface area (Å²) in [5.41, 5.74) is 1.86. The smallest absolute Gasteiger partial charge is 0.184 e. The van der Waals surface area contributed by atoms with Crippen LogP contribution < -0.4 is 0 Å². The lowest BCUT2D eigenvalue weighted by Gasteiger charge is -1.96. The third-order valence-electron chi connectivity index (χ3n) is 0.667. The van der Waals surface area contributed by atoms with Crippen molar-refractivity contribution in [2.45, 2.75) is 0 Å². The maximum Gasteiger partial charge on any atom is 0.184 e. The minimum Gasteiger partial charge on any atom is -0.417 e. The van der Waals surface area contributed by atoms with Gasteiger partial charge >= 0.3 is 0 Å². The van der Waals surface area contributed by atoms with Crippen LogP contribution in [0.15, 0.2) is 12.3 Å². The van der Waals surface area contributed by atoms with E-state index < -0.39 is 9.76 Å². The summed E-state index contributed by atoms with van der Waals surface area (Å²) in [5.74, 6) is 0. The highest BCUT2D eigenvalue weighted by Crippen LogP contribution is 1.71. The fraction of sp³-hybridized carbons (Fsp3) is 0.600. The monoisotopic (exact) mass is 132 g/mol. The minimum absolute atomic E-state index is 0.415. The Kier molecular flexibility index (Phi) is 6.77. The van der Waals surface area contributed by atoms with Crippen LogP contribution in [0.4, 0.5) is 0 Å². The Balaban J connectivity index is 2.62. The summed E-state index contributed by atoms with van der Waals surface area (Å²) in [7, 11) is 1.25. The van der Waals surface area contributed by atoms with Crippen LogP contribution in [0, 0.1) is 0 Å². The Labute approximate surface area is 52.4 Å². The van der Waals surface area contributed by atoms with Crippen molar-refractivity contribution in [1.82, 2.24) is 0 Å². The zero-order chi connectivity index (χ0) is 6.24. The van der Waals surface area contributed by atoms with E-state index in [1.165, 1.54) is 0 Å². The van der Waals surface area contributed by atoms with Crippen LogP contribution in [-0.4, -0.2) is 30.1 Å². The summed E-state index contributed by atoms with van der Waals surface area (Å²) in [4.78, 5) is 0. The zero-order valence-electron chi connectivity index (χ0n) is 5.22. The first-order valence-corrected chi connectivity index (χ1v) is 3.98. The molecule has 0 heterocycles. The molecule has 0 bridgehead atoms. The van der Waals surface area contributed by atoms with Crippen molar-refractivity contribution >= 4 is 9.76 Å². The van der Waals surface area contributed by atoms with Crippen LogP contribution in [0.25, 0.3) is 0 Å². The molecule has 0 aliphatic carbocycles. The Morgan fingerprint density at radius 2 is 2.38 bits per heavy atom. The van der Waals surface area contributed by atoms with Gasteiger partial charge in [-0.25, -0.2) is 0 Å². The molecule has 48 valence electrons. The molecular weight excluding hydrogens is 120 g/mol. The van der Waals surface area contributed by atoms with Crippen molar-refractivity contribution < 1.29 is 9.16 Å². The normalized spacial score (nSPS) is 10.6. The molecule has 2 nitrogen and oxygen atoms in total. The van der Waals surface area contributed by atoms with Gasteiger partial charge in [0.1, 0.15) is 0 Å². The van der Waals surface area contributed by atoms with Gasteiger partial charge in [-0.1, -0.05) is 5.70 Å². The number of rotatable bonds is 5. The summed E-state index contributed by atoms with van der Waals surface area (Å²) < 4.78 is 9.87. The molecule has 0 aromatic heterocycles. The summed E-state index contributed by atoms with van der Waals surface area (Å²) in [6.45, 7) is 4.97. The predicted molar refractivity (Wildman–Crippen MR) is 36.6 cm³/mol. The SMILES string of the molecule is C=C[SiH2]OCCOC. The molecule has 0 aliphatic rings. The molecule has 0 aliphatic heterocycles. The fourth-order valence-corrected chi connectivity index (χ4v) is 0.760. The second-order valence-electron chi connectivity index (χ2n) is 1.36. The number of hydrogen-bond acceptors (Lipinski definition) is 2. The molecule has 0 atom stereocenters. The maximum absolute atomic E-state index is 5.12. The highest BCUT2D eigenvalue weighted by atomic mass is 28.2. The molecule has 0 unspecified atom stereocenters. The van der Waals surface area contributed by atoms with E-state index in [1.807, 2.05) is 5.70 Å². The lowest BCUT2D eigenvalue weighted by Crippen LogP contribution is -2.03. The third-order valence-corrected chi connectivity index (χ3v) is 1.43. The van der Waals surface area contributed by atoms with Gasteiger partial charge < -0.3 is 9.16 Å². The molecule has 0 radical (unpaired) electrons. The Morgan fingerprint density at radius 1 is 1.62 bits per heavy atom. The van der Waals surface area contributed by atoms with E-state index in [0.29, 0.717) is 6.61 Å². The molecule has 8 heavy (non-hydrogen) atoms. The Morgan fingerprint density at radius 3 is 2.88 bits per heavy atom. The van der Waals surface area contributed by atoms with E-state index in [1.54, 1.807) is 7.11 Å². The average Bonchev–Trinajstić information content (AvgIpc) is 1.81. The second-order valence-corrected chi connectivity index (χ2v) is 2.68. The van der Waals surface area contributed by atoms with Crippen molar-refractivity contribution in [3.63, 3.8) is 0 Å². The second kappa shape index (κ2) is 6.88. The molecule has 0 rings (SSSR count). The van der Waals surface area contributed by atoms with Gasteiger partial charge in [0.25, 0.3) is 0 Å². The van der Waals surface area contributed by atoms with E-state index >= 15 is 0 Å². The van der Waals surface area contributed by atoms with Crippen molar-refractivity contribution in [3.8, 4) is 0 Å². The highest BCUT2D eigenvalue weighted by Gasteiger charge is 1.80. The Hall–Kier alpha value is -0.123. The standard InChI is InChI=1S/C5H12O2Si/c1-3-8-7-5-4-6-2/h3H,1,4-5,8H2,2H3. The highest BCUT2D eigenvalue weighted by molar-refractivity contribution is 6.33. The van der Waals surface area contributed by atoms with Crippen molar-refractivity contribution in [2.75, 3.05) is 20.3 Å². The van der Waals surface area contributed by atoms with E-state index in [2.05, 4.69) is 6.58 Å². The number of methoxy groups -OCH3 is 1. The largest absolute Gasteiger partial charge is 0.417 e. The molecule has 0 fully saturated rings. The summed E-state index contributed by atoms with van der Waals surface area (Å²) in [6.07, 6.45) is 0. The van der Waals surface area contributed by atoms with Gasteiger partial charge in [-0.2, -0.15) is 0 Å². The van der Waals surface area contributed by atoms with Gasteiger partial charge in [0.15, 0.2) is 9.76 Å². The van der Waals surface area contributed by atoms with E-state index in [4.69, 9.17) is 9.16 Å². The van der Waals surface area contributed by atoms with Gasteiger partial charge in [-0.15, -0.1) is 6.58 Å². The molecule has 0 spiro atoms. The summed E-state index contributed by atoms with van der Waals surface area (Å²) in [5, 5.41) is 0. The molecule has 3 heteroatoms. The van der Waals surface area contributed by atoms with Crippen LogP contribution >= 0.6 is 0 Å². The molecule has 0 N–H and O–H groups in total. The maximum atomic E-state index is 5.12. The van der Waals surface area contributed by atoms with Crippen LogP contribution in [0.3, 0.4) is 0 Å². The first kappa shape index (κ1) is 7.88. The van der Waals surface area contributed by atoms with Gasteiger partial charge in [0.2, 0.25) is 0 Å². The lowest BCUT2D eigenvalue weighted by atomic mass is 10.8. The van der Waals surface area contributed by atoms with E-state index in [9.17, 15) is 0 Å². The van der Waals surface area contributed by atoms with Gasteiger partial charge in [0.05, 0.1) is 13.2 Å². The van der Waals surface area contributed by atoms with E-state index in [0.717, 1.165) is 6.61 Å². The zero-order valence-corrected chi connectivity index (χ0v) is 6.64. The van der Waals surface area contributed by atoms with Crippen LogP contribution in [0.2, 0.25) is 0 Å². The predicted octanol–water partition coefficient (Wildman–Crippen LogP) is -0.123. The van der Waals surface area contributed by atoms with Crippen LogP contribution in [-0.2, 0) is 9.16 Å². The molecule has 0 saturated carbocycles. The topological polar surface area (TPSA) is 18.5 Å². The summed E-state index contributed by atoms with van der Waals surface area (Å²) >= 11 is 0. The Bertz CT molecular complexity index is 56.4. The quantitative estimate of drug-likeness (QED) is 0.383. The van der Waals surface area contributed by atoms with Crippen molar-refractivity contribution in [1.29, 1.82) is 0 Å². The fourth-order valence-electron chi connectivity index (χ4n) is 0.309. The molecule has 0 aromatic carbocycles. The molecule has 0 saturated heterocycles. The minimum atomic E-state index is -0.415. The van der Waals surface area contributed by atoms with Crippen LogP contribution in [0.1, 0.15) is 0 Å². The molecule has 0 aromatic rings. The van der Waals surface area contributed by atoms with Crippen LogP contribution in [0.5, 0.6) is 0 Å². The summed E-state index contributed by atoms with van der Waals surface area (Å²) in [6, 6.07) is 0. The van der Waals surface area contributed by atoms with Gasteiger partial charge in [0, 0.05) is 7.11 Å². The third kappa shape index (κ3) is 5.88. The number of ether oxygens (including phenoxy) is 1. The van der Waals surface area contributed by atoms with Crippen molar-refractivity contribution in [3.05, 3.63) is 12.3 Å². The van der Waals surface area contributed by atoms with Gasteiger partial charge in [-0.05, 0) is 0 Å². The average molecular weight is 132 g/mol. The first-order chi connectivity index (χ1) is 3.91. The lowest BCUT2D eigenvalue weighted by molar-refractivity contribution is 0.150. The molecule has 0 amide bonds. The van der Waals surface area contributed by atoms with Crippen molar-refractivity contribution in [2.24, 2.45) is 0 Å². The molecular formula is C5H12O2Si.